The molecule has 0 amide bonds. The van der Waals surface area contributed by atoms with Crippen molar-refractivity contribution in [1.29, 1.82) is 0 Å². The van der Waals surface area contributed by atoms with E-state index in [4.69, 9.17) is 9.15 Å². The Morgan fingerprint density at radius 2 is 2.54 bits per heavy atom. The molecule has 0 aromatic carbocycles. The Balaban J connectivity index is 2.15. The fourth-order valence-electron chi connectivity index (χ4n) is 0.932. The molecular weight excluding hydrogens is 168 g/mol. The summed E-state index contributed by atoms with van der Waals surface area (Å²) in [5.74, 6) is 0.807. The third-order valence-corrected chi connectivity index (χ3v) is 1.70. The first-order valence-electron chi connectivity index (χ1n) is 4.47. The summed E-state index contributed by atoms with van der Waals surface area (Å²) < 4.78 is 10.4. The van der Waals surface area contributed by atoms with Crippen molar-refractivity contribution < 1.29 is 9.15 Å². The van der Waals surface area contributed by atoms with Crippen LogP contribution < -0.4 is 0 Å². The summed E-state index contributed by atoms with van der Waals surface area (Å²) in [5, 5.41) is 7.41. The maximum atomic E-state index is 5.39. The molecule has 1 aromatic heterocycles. The zero-order valence-corrected chi connectivity index (χ0v) is 7.90. The largest absolute Gasteiger partial charge is 0.428 e. The molecule has 0 aliphatic rings. The van der Waals surface area contributed by atoms with Crippen molar-refractivity contribution in [3.63, 3.8) is 0 Å². The van der Waals surface area contributed by atoms with Crippen LogP contribution >= 0.6 is 0 Å². The van der Waals surface area contributed by atoms with Crippen LogP contribution in [0.25, 0.3) is 0 Å². The third kappa shape index (κ3) is 3.55. The monoisotopic (exact) mass is 183 g/mol. The Bertz CT molecular complexity index is 211. The lowest BCUT2D eigenvalue weighted by molar-refractivity contribution is 0.115. The zero-order valence-electron chi connectivity index (χ0n) is 7.90. The summed E-state index contributed by atoms with van der Waals surface area (Å²) in [6.07, 6.45) is 3.24. The fourth-order valence-corrected chi connectivity index (χ4v) is 0.932. The fraction of sp³-hybridized carbons (Fsp3) is 0.667. The average Bonchev–Trinajstić information content (AvgIpc) is 2.65. The van der Waals surface area contributed by atoms with Crippen molar-refractivity contribution >= 4 is 0 Å². The van der Waals surface area contributed by atoms with Gasteiger partial charge < -0.3 is 9.15 Å². The molecule has 0 N–H and O–H groups in total. The summed E-state index contributed by atoms with van der Waals surface area (Å²) in [6, 6.07) is 0. The Labute approximate surface area is 78.3 Å². The van der Waals surface area contributed by atoms with Crippen LogP contribution in [0, 0.1) is 6.92 Å². The number of rotatable bonds is 6. The molecule has 73 valence electrons. The molecule has 1 aromatic rings. The van der Waals surface area contributed by atoms with E-state index in [1.165, 1.54) is 6.39 Å². The Hall–Kier alpha value is -0.900. The normalized spacial score (nSPS) is 13.1. The molecule has 1 atom stereocenters. The maximum Gasteiger partial charge on any atom is 0.221 e. The van der Waals surface area contributed by atoms with Crippen LogP contribution in [0.15, 0.2) is 10.8 Å². The highest BCUT2D eigenvalue weighted by Crippen LogP contribution is 2.11. The number of ether oxygens (including phenoxy) is 1. The smallest absolute Gasteiger partial charge is 0.221 e. The summed E-state index contributed by atoms with van der Waals surface area (Å²) in [5.41, 5.74) is 0. The van der Waals surface area contributed by atoms with Crippen LogP contribution in [-0.4, -0.2) is 23.4 Å². The van der Waals surface area contributed by atoms with E-state index in [0.717, 1.165) is 19.4 Å². The Morgan fingerprint density at radius 3 is 3.15 bits per heavy atom. The first-order valence-corrected chi connectivity index (χ1v) is 4.47. The molecule has 0 fully saturated rings. The standard InChI is InChI=1S/C9H15N2O2/c1-3-4-5-12-6-8(2)9-11-10-7-13-9/h7-8H,1,3-6H2,2H3. The lowest BCUT2D eigenvalue weighted by Crippen LogP contribution is -2.05. The molecule has 1 radical (unpaired) electrons. The van der Waals surface area contributed by atoms with Gasteiger partial charge in [-0.1, -0.05) is 20.3 Å². The molecule has 1 heterocycles. The molecule has 0 aliphatic carbocycles. The van der Waals surface area contributed by atoms with E-state index >= 15 is 0 Å². The van der Waals surface area contributed by atoms with Crippen LogP contribution in [0.1, 0.15) is 31.6 Å². The number of hydrogen-bond donors (Lipinski definition) is 0. The highest BCUT2D eigenvalue weighted by atomic mass is 16.5. The summed E-state index contributed by atoms with van der Waals surface area (Å²) >= 11 is 0. The van der Waals surface area contributed by atoms with Gasteiger partial charge in [0.05, 0.1) is 12.5 Å². The van der Waals surface area contributed by atoms with E-state index in [9.17, 15) is 0 Å². The van der Waals surface area contributed by atoms with Gasteiger partial charge in [-0.2, -0.15) is 0 Å². The lowest BCUT2D eigenvalue weighted by atomic mass is 10.2. The second-order valence-electron chi connectivity index (χ2n) is 2.96. The summed E-state index contributed by atoms with van der Waals surface area (Å²) in [6.45, 7) is 7.11. The van der Waals surface area contributed by atoms with Gasteiger partial charge in [0.2, 0.25) is 12.3 Å². The molecule has 1 unspecified atom stereocenters. The lowest BCUT2D eigenvalue weighted by Gasteiger charge is -2.06. The van der Waals surface area contributed by atoms with Gasteiger partial charge in [0.15, 0.2) is 0 Å². The maximum absolute atomic E-state index is 5.39. The predicted octanol–water partition coefficient (Wildman–Crippen LogP) is 1.80. The first kappa shape index (κ1) is 10.2. The third-order valence-electron chi connectivity index (χ3n) is 1.70. The molecule has 1 rings (SSSR count). The number of aromatic nitrogens is 2. The second kappa shape index (κ2) is 5.70. The molecule has 0 spiro atoms. The minimum Gasteiger partial charge on any atom is -0.428 e. The minimum atomic E-state index is 0.173. The molecule has 0 saturated heterocycles. The molecule has 4 nitrogen and oxygen atoms in total. The van der Waals surface area contributed by atoms with Crippen LogP contribution in [0.5, 0.6) is 0 Å². The molecule has 0 aliphatic heterocycles. The van der Waals surface area contributed by atoms with Crippen molar-refractivity contribution in [3.8, 4) is 0 Å². The van der Waals surface area contributed by atoms with E-state index in [0.29, 0.717) is 12.5 Å². The van der Waals surface area contributed by atoms with Gasteiger partial charge in [0.1, 0.15) is 0 Å². The Kier molecular flexibility index (Phi) is 4.46. The number of hydrogen-bond acceptors (Lipinski definition) is 4. The molecule has 13 heavy (non-hydrogen) atoms. The van der Waals surface area contributed by atoms with Crippen LogP contribution in [0.3, 0.4) is 0 Å². The van der Waals surface area contributed by atoms with Crippen LogP contribution in [-0.2, 0) is 4.74 Å². The van der Waals surface area contributed by atoms with Crippen LogP contribution in [0.2, 0.25) is 0 Å². The van der Waals surface area contributed by atoms with Gasteiger partial charge in [-0.3, -0.25) is 0 Å². The van der Waals surface area contributed by atoms with Crippen molar-refractivity contribution in [3.05, 3.63) is 19.2 Å². The second-order valence-corrected chi connectivity index (χ2v) is 2.96. The number of unbranched alkanes of at least 4 members (excludes halogenated alkanes) is 1. The highest BCUT2D eigenvalue weighted by molar-refractivity contribution is 4.84. The van der Waals surface area contributed by atoms with Gasteiger partial charge in [-0.05, 0) is 6.42 Å². The van der Waals surface area contributed by atoms with Crippen molar-refractivity contribution in [2.75, 3.05) is 13.2 Å². The van der Waals surface area contributed by atoms with Gasteiger partial charge in [0, 0.05) is 6.61 Å². The van der Waals surface area contributed by atoms with Crippen molar-refractivity contribution in [2.45, 2.75) is 25.7 Å². The van der Waals surface area contributed by atoms with E-state index < -0.39 is 0 Å². The first-order chi connectivity index (χ1) is 6.34. The molecular formula is C9H15N2O2. The van der Waals surface area contributed by atoms with Crippen molar-refractivity contribution in [2.24, 2.45) is 0 Å². The van der Waals surface area contributed by atoms with Gasteiger partial charge >= 0.3 is 0 Å². The van der Waals surface area contributed by atoms with E-state index in [1.807, 2.05) is 6.92 Å². The Morgan fingerprint density at radius 1 is 1.69 bits per heavy atom. The van der Waals surface area contributed by atoms with Gasteiger partial charge in [-0.25, -0.2) is 0 Å². The predicted molar refractivity (Wildman–Crippen MR) is 48.1 cm³/mol. The van der Waals surface area contributed by atoms with Gasteiger partial charge in [0.25, 0.3) is 0 Å². The van der Waals surface area contributed by atoms with E-state index in [1.54, 1.807) is 0 Å². The van der Waals surface area contributed by atoms with E-state index in [2.05, 4.69) is 17.1 Å². The quantitative estimate of drug-likeness (QED) is 0.631. The topological polar surface area (TPSA) is 48.2 Å². The van der Waals surface area contributed by atoms with Crippen LogP contribution in [0.4, 0.5) is 0 Å². The minimum absolute atomic E-state index is 0.173. The molecule has 4 heteroatoms. The highest BCUT2D eigenvalue weighted by Gasteiger charge is 2.10. The van der Waals surface area contributed by atoms with Gasteiger partial charge in [-0.15, -0.1) is 10.2 Å². The summed E-state index contributed by atoms with van der Waals surface area (Å²) in [4.78, 5) is 0. The molecule has 0 saturated carbocycles. The zero-order chi connectivity index (χ0) is 9.52. The SMILES string of the molecule is [CH2]CCCOCC(C)c1nnco1. The number of nitrogens with zero attached hydrogens (tertiary/aromatic N) is 2. The van der Waals surface area contributed by atoms with Crippen molar-refractivity contribution in [1.82, 2.24) is 10.2 Å². The average molecular weight is 183 g/mol. The van der Waals surface area contributed by atoms with E-state index in [-0.39, 0.29) is 5.92 Å². The summed E-state index contributed by atoms with van der Waals surface area (Å²) in [7, 11) is 0. The molecule has 0 bridgehead atoms.